The number of hydrogen-bond acceptors (Lipinski definition) is 12. The van der Waals surface area contributed by atoms with Gasteiger partial charge in [-0.2, -0.15) is 0 Å². The topological polar surface area (TPSA) is 144 Å². The summed E-state index contributed by atoms with van der Waals surface area (Å²) < 4.78 is 34.4. The van der Waals surface area contributed by atoms with Crippen molar-refractivity contribution in [3.05, 3.63) is 23.3 Å². The minimum Gasteiger partial charge on any atom is -0.465 e. The number of unbranched alkanes of at least 4 members (excludes halogenated alkanes) is 6. The van der Waals surface area contributed by atoms with E-state index in [9.17, 15) is 24.0 Å². The van der Waals surface area contributed by atoms with Crippen molar-refractivity contribution in [2.45, 2.75) is 320 Å². The average molecular weight is 1310 g/mol. The Hall–Kier alpha value is -3.41. The summed E-state index contributed by atoms with van der Waals surface area (Å²) in [5, 5.41) is 0. The fourth-order valence-electron chi connectivity index (χ4n) is 21.7. The molecule has 94 heavy (non-hydrogen) atoms. The highest BCUT2D eigenvalue weighted by atomic mass is 16.7. The number of hydrogen-bond donors (Lipinski definition) is 0. The van der Waals surface area contributed by atoms with E-state index < -0.39 is 12.1 Å². The lowest BCUT2D eigenvalue weighted by Gasteiger charge is -2.58. The van der Waals surface area contributed by atoms with Crippen molar-refractivity contribution in [2.24, 2.45) is 98.6 Å². The maximum Gasteiger partial charge on any atom is 0.508 e. The largest absolute Gasteiger partial charge is 0.508 e. The molecule has 0 aromatic heterocycles. The number of esters is 4. The molecule has 0 aliphatic heterocycles. The van der Waals surface area contributed by atoms with Gasteiger partial charge in [0.25, 0.3) is 0 Å². The lowest BCUT2D eigenvalue weighted by molar-refractivity contribution is -0.152. The van der Waals surface area contributed by atoms with Crippen LogP contribution in [0, 0.1) is 98.6 Å². The van der Waals surface area contributed by atoms with E-state index in [-0.39, 0.29) is 86.2 Å². The highest BCUT2D eigenvalue weighted by molar-refractivity contribution is 5.71. The first-order chi connectivity index (χ1) is 45.0. The van der Waals surface area contributed by atoms with Gasteiger partial charge in [0.05, 0.1) is 12.5 Å². The molecule has 6 fully saturated rings. The summed E-state index contributed by atoms with van der Waals surface area (Å²) in [6.45, 7) is 31.8. The molecule has 0 aromatic rings. The van der Waals surface area contributed by atoms with Gasteiger partial charge >= 0.3 is 30.0 Å². The number of fused-ring (bicyclic) bond motifs is 10. The van der Waals surface area contributed by atoms with E-state index in [1.165, 1.54) is 103 Å². The van der Waals surface area contributed by atoms with Crippen LogP contribution < -0.4 is 0 Å². The highest BCUT2D eigenvalue weighted by Gasteiger charge is 2.61. The normalized spacial score (nSPS) is 32.4. The fraction of sp³-hybridized carbons (Fsp3) is 0.890. The van der Waals surface area contributed by atoms with Crippen molar-refractivity contribution >= 4 is 30.0 Å². The molecule has 8 rings (SSSR count). The standard InChI is InChI=1S/C82H137NO11/c1-13-83(14-2)50-25-51-89-78(88)92-56-61(54-90-74(84)30-19-15-17-21-32-76(86)93-64-42-46-79(9)62(52-64)34-36-66-70-40-38-68(59(7)28-23-26-57(3)4)81(70,11)48-44-72(66)79)55-91-75(85)31-20-16-18-22-33-77(87)94-65-43-47-80(10)63(53-65)35-37-67-71-41-39-69(60(8)29-24-27-58(5)6)82(71,12)49-45-73(67)80/h34-35,57-61,64-73H,13-33,36-56H2,1-12H3/t59-,60-,64+,65+,66+,67+,68-,69-,70+,71+,72+,73+,79+,80+,81-,82-/m1/s1. The zero-order valence-corrected chi connectivity index (χ0v) is 62.0. The number of carbonyl (C=O) groups is 5. The van der Waals surface area contributed by atoms with Gasteiger partial charge in [-0.1, -0.05) is 171 Å². The van der Waals surface area contributed by atoms with Gasteiger partial charge in [-0.05, 0) is 228 Å². The number of nitrogens with zero attached hydrogens (tertiary/aromatic N) is 1. The monoisotopic (exact) mass is 1310 g/mol. The van der Waals surface area contributed by atoms with Crippen LogP contribution in [0.25, 0.3) is 0 Å². The smallest absolute Gasteiger partial charge is 0.465 e. The molecule has 8 aliphatic rings. The van der Waals surface area contributed by atoms with E-state index >= 15 is 0 Å². The van der Waals surface area contributed by atoms with Gasteiger partial charge in [0.1, 0.15) is 32.0 Å². The molecule has 0 aromatic carbocycles. The van der Waals surface area contributed by atoms with Gasteiger partial charge in [0, 0.05) is 45.1 Å². The molecule has 0 N–H and O–H groups in total. The van der Waals surface area contributed by atoms with Gasteiger partial charge in [0.2, 0.25) is 0 Å². The molecule has 16 atom stereocenters. The molecule has 0 saturated heterocycles. The Bertz CT molecular complexity index is 2320. The minimum atomic E-state index is -0.805. The van der Waals surface area contributed by atoms with Crippen molar-refractivity contribution in [1.82, 2.24) is 4.90 Å². The average Bonchev–Trinajstić information content (AvgIpc) is 1.36. The Morgan fingerprint density at radius 1 is 0.457 bits per heavy atom. The molecule has 12 heteroatoms. The van der Waals surface area contributed by atoms with Crippen LogP contribution in [0.5, 0.6) is 0 Å². The van der Waals surface area contributed by atoms with Crippen LogP contribution in [0.3, 0.4) is 0 Å². The molecule has 0 heterocycles. The van der Waals surface area contributed by atoms with Gasteiger partial charge in [-0.25, -0.2) is 4.79 Å². The van der Waals surface area contributed by atoms with Crippen LogP contribution in [0.1, 0.15) is 308 Å². The Balaban J connectivity index is 0.684. The van der Waals surface area contributed by atoms with Crippen LogP contribution in [0.15, 0.2) is 23.3 Å². The van der Waals surface area contributed by atoms with Gasteiger partial charge in [-0.15, -0.1) is 0 Å². The lowest BCUT2D eigenvalue weighted by atomic mass is 9.47. The van der Waals surface area contributed by atoms with Crippen LogP contribution in [-0.2, 0) is 47.6 Å². The summed E-state index contributed by atoms with van der Waals surface area (Å²) in [4.78, 5) is 67.2. The molecule has 0 radical (unpaired) electrons. The molecule has 0 unspecified atom stereocenters. The Labute approximate surface area is 572 Å². The third kappa shape index (κ3) is 19.9. The van der Waals surface area contributed by atoms with Crippen molar-refractivity contribution in [3.8, 4) is 0 Å². The SMILES string of the molecule is CCN(CC)CCCOC(=O)OCC(COC(=O)CCCCCCC(=O)O[C@H]1CC[C@@]2(C)C(=CC[C@H]3[C@@H]4CC[C@H]([C@H](C)CCCC(C)C)[C@@]4(C)CC[C@@H]32)C1)COC(=O)CCCCCCC(=O)O[C@H]1CC[C@@]2(C)C(=CC[C@H]3[C@@H]4CC[C@H]([C@H](C)CCCC(C)C)[C@@]4(C)CC[C@@H]32)C1. The molecule has 8 aliphatic carbocycles. The fourth-order valence-corrected chi connectivity index (χ4v) is 21.7. The number of ether oxygens (including phenoxy) is 6. The molecular formula is C82H137NO11. The first kappa shape index (κ1) is 76.3. The van der Waals surface area contributed by atoms with Crippen LogP contribution in [0.4, 0.5) is 4.79 Å². The first-order valence-corrected chi connectivity index (χ1v) is 39.6. The van der Waals surface area contributed by atoms with Gasteiger partial charge in [-0.3, -0.25) is 19.2 Å². The minimum absolute atomic E-state index is 0.0410. The lowest BCUT2D eigenvalue weighted by Crippen LogP contribution is -2.51. The molecule has 0 spiro atoms. The van der Waals surface area contributed by atoms with Gasteiger partial charge in [0.15, 0.2) is 0 Å². The quantitative estimate of drug-likeness (QED) is 0.0251. The maximum absolute atomic E-state index is 13.2. The van der Waals surface area contributed by atoms with E-state index in [2.05, 4.69) is 100 Å². The third-order valence-corrected chi connectivity index (χ3v) is 27.3. The predicted octanol–water partition coefficient (Wildman–Crippen LogP) is 20.2. The highest BCUT2D eigenvalue weighted by Crippen LogP contribution is 2.69. The summed E-state index contributed by atoms with van der Waals surface area (Å²) in [5.41, 5.74) is 4.50. The summed E-state index contributed by atoms with van der Waals surface area (Å²) in [6, 6.07) is 0. The zero-order chi connectivity index (χ0) is 67.6. The second-order valence-electron chi connectivity index (χ2n) is 34.1. The van der Waals surface area contributed by atoms with E-state index in [0.29, 0.717) is 55.8 Å². The van der Waals surface area contributed by atoms with Gasteiger partial charge < -0.3 is 33.3 Å². The first-order valence-electron chi connectivity index (χ1n) is 39.6. The van der Waals surface area contributed by atoms with E-state index in [0.717, 1.165) is 155 Å². The number of allylic oxidation sites excluding steroid dienone is 2. The van der Waals surface area contributed by atoms with Crippen molar-refractivity contribution < 1.29 is 52.4 Å². The molecule has 536 valence electrons. The number of carbonyl (C=O) groups excluding carboxylic acids is 5. The zero-order valence-electron chi connectivity index (χ0n) is 62.0. The van der Waals surface area contributed by atoms with Crippen LogP contribution in [0.2, 0.25) is 0 Å². The summed E-state index contributed by atoms with van der Waals surface area (Å²) in [7, 11) is 0. The molecule has 0 amide bonds. The molecular weight excluding hydrogens is 1170 g/mol. The molecule has 6 saturated carbocycles. The summed E-state index contributed by atoms with van der Waals surface area (Å²) in [5.74, 6) is 8.15. The third-order valence-electron chi connectivity index (χ3n) is 27.3. The summed E-state index contributed by atoms with van der Waals surface area (Å²) >= 11 is 0. The predicted molar refractivity (Wildman–Crippen MR) is 376 cm³/mol. The Kier molecular flexibility index (Phi) is 29.3. The van der Waals surface area contributed by atoms with Crippen molar-refractivity contribution in [1.29, 1.82) is 0 Å². The van der Waals surface area contributed by atoms with Crippen molar-refractivity contribution in [2.75, 3.05) is 46.1 Å². The molecule has 12 nitrogen and oxygen atoms in total. The molecule has 0 bridgehead atoms. The van der Waals surface area contributed by atoms with E-state index in [4.69, 9.17) is 28.4 Å². The second kappa shape index (κ2) is 36.1. The number of rotatable bonds is 38. The summed E-state index contributed by atoms with van der Waals surface area (Å²) in [6.07, 6.45) is 39.5. The van der Waals surface area contributed by atoms with Crippen LogP contribution >= 0.6 is 0 Å². The van der Waals surface area contributed by atoms with Crippen molar-refractivity contribution in [3.63, 3.8) is 0 Å². The second-order valence-corrected chi connectivity index (χ2v) is 34.1. The van der Waals surface area contributed by atoms with E-state index in [1.807, 2.05) is 0 Å². The Morgan fingerprint density at radius 3 is 1.29 bits per heavy atom. The van der Waals surface area contributed by atoms with Crippen LogP contribution in [-0.4, -0.2) is 93.2 Å². The Morgan fingerprint density at radius 2 is 0.872 bits per heavy atom. The maximum atomic E-state index is 13.2. The van der Waals surface area contributed by atoms with E-state index in [1.54, 1.807) is 11.1 Å².